The molecule has 0 aliphatic carbocycles. The van der Waals surface area contributed by atoms with Crippen molar-refractivity contribution in [1.29, 1.82) is 0 Å². The monoisotopic (exact) mass is 335 g/mol. The topological polar surface area (TPSA) is 104 Å². The first-order valence-electron chi connectivity index (χ1n) is 4.54. The third-order valence-corrected chi connectivity index (χ3v) is 3.14. The van der Waals surface area contributed by atoms with E-state index in [-0.39, 0.29) is 6.42 Å². The average molecular weight is 335 g/mol. The molecule has 0 aliphatic heterocycles. The quantitative estimate of drug-likeness (QED) is 0.414. The maximum Gasteiger partial charge on any atom is 0.488 e. The molecule has 0 spiro atoms. The van der Waals surface area contributed by atoms with Crippen molar-refractivity contribution in [3.05, 3.63) is 27.3 Å². The van der Waals surface area contributed by atoms with Gasteiger partial charge in [0.2, 0.25) is 0 Å². The van der Waals surface area contributed by atoms with E-state index in [0.717, 1.165) is 9.13 Å². The van der Waals surface area contributed by atoms with Gasteiger partial charge in [-0.15, -0.1) is 0 Å². The second-order valence-corrected chi connectivity index (χ2v) is 4.54. The Labute approximate surface area is 107 Å². The number of aliphatic carboxylic acids is 1. The summed E-state index contributed by atoms with van der Waals surface area (Å²) in [5.74, 6) is -1.05. The fourth-order valence-electron chi connectivity index (χ4n) is 1.21. The summed E-state index contributed by atoms with van der Waals surface area (Å²) in [6.45, 7) is 0. The Bertz CT molecular complexity index is 399. The van der Waals surface area contributed by atoms with E-state index in [9.17, 15) is 4.79 Å². The van der Waals surface area contributed by atoms with Gasteiger partial charge in [-0.1, -0.05) is 12.1 Å². The molecule has 0 heterocycles. The maximum atomic E-state index is 10.6. The molecule has 16 heavy (non-hydrogen) atoms. The number of benzene rings is 1. The molecule has 0 radical (unpaired) electrons. The van der Waals surface area contributed by atoms with Crippen LogP contribution in [0.5, 0.6) is 0 Å². The number of hydrogen-bond acceptors (Lipinski definition) is 4. The summed E-state index contributed by atoms with van der Waals surface area (Å²) >= 11 is 2.01. The van der Waals surface area contributed by atoms with Gasteiger partial charge in [-0.2, -0.15) is 0 Å². The second kappa shape index (κ2) is 5.62. The molecule has 0 fully saturated rings. The standard InChI is InChI=1S/C9H11BINO4/c11-7-4-6(10(15)16)2-1-5(7)3-8(12)9(13)14/h1-2,4,8,15-16H,3,12H2,(H,13,14). The predicted molar refractivity (Wildman–Crippen MR) is 68.3 cm³/mol. The number of halogens is 1. The molecule has 1 rings (SSSR count). The second-order valence-electron chi connectivity index (χ2n) is 3.37. The summed E-state index contributed by atoms with van der Waals surface area (Å²) in [4.78, 5) is 10.6. The molecule has 7 heteroatoms. The zero-order valence-electron chi connectivity index (χ0n) is 8.30. The van der Waals surface area contributed by atoms with Gasteiger partial charge in [0, 0.05) is 3.57 Å². The van der Waals surface area contributed by atoms with Gasteiger partial charge in [0.15, 0.2) is 0 Å². The van der Waals surface area contributed by atoms with Crippen LogP contribution >= 0.6 is 22.6 Å². The van der Waals surface area contributed by atoms with Gasteiger partial charge >= 0.3 is 13.1 Å². The molecule has 86 valence electrons. The molecule has 0 bridgehead atoms. The Morgan fingerprint density at radius 2 is 2.12 bits per heavy atom. The fourth-order valence-corrected chi connectivity index (χ4v) is 1.97. The lowest BCUT2D eigenvalue weighted by atomic mass is 9.80. The van der Waals surface area contributed by atoms with Gasteiger partial charge in [0.05, 0.1) is 0 Å². The van der Waals surface area contributed by atoms with E-state index in [2.05, 4.69) is 0 Å². The Balaban J connectivity index is 2.87. The van der Waals surface area contributed by atoms with Crippen LogP contribution in [0, 0.1) is 3.57 Å². The van der Waals surface area contributed by atoms with E-state index < -0.39 is 19.1 Å². The third-order valence-electron chi connectivity index (χ3n) is 2.13. The van der Waals surface area contributed by atoms with Gasteiger partial charge in [-0.05, 0) is 46.1 Å². The normalized spacial score (nSPS) is 12.2. The first kappa shape index (κ1) is 13.4. The molecular weight excluding hydrogens is 324 g/mol. The maximum absolute atomic E-state index is 10.6. The number of nitrogens with two attached hydrogens (primary N) is 1. The molecule has 1 aromatic carbocycles. The van der Waals surface area contributed by atoms with Crippen LogP contribution in [-0.2, 0) is 11.2 Å². The SMILES string of the molecule is NC(Cc1ccc(B(O)O)cc1I)C(=O)O. The van der Waals surface area contributed by atoms with E-state index in [4.69, 9.17) is 20.9 Å². The molecule has 5 N–H and O–H groups in total. The van der Waals surface area contributed by atoms with Crippen molar-refractivity contribution in [3.63, 3.8) is 0 Å². The molecular formula is C9H11BINO4. The van der Waals surface area contributed by atoms with Crippen molar-refractivity contribution in [2.45, 2.75) is 12.5 Å². The van der Waals surface area contributed by atoms with Crippen LogP contribution in [0.1, 0.15) is 5.56 Å². The lowest BCUT2D eigenvalue weighted by Gasteiger charge is -2.09. The summed E-state index contributed by atoms with van der Waals surface area (Å²) in [5, 5.41) is 26.6. The Morgan fingerprint density at radius 1 is 1.50 bits per heavy atom. The minimum Gasteiger partial charge on any atom is -0.480 e. The van der Waals surface area contributed by atoms with Crippen molar-refractivity contribution in [2.24, 2.45) is 5.73 Å². The number of rotatable bonds is 4. The Morgan fingerprint density at radius 3 is 2.56 bits per heavy atom. The van der Waals surface area contributed by atoms with Crippen LogP contribution in [0.3, 0.4) is 0 Å². The van der Waals surface area contributed by atoms with Crippen molar-refractivity contribution >= 4 is 41.1 Å². The van der Waals surface area contributed by atoms with Crippen molar-refractivity contribution in [3.8, 4) is 0 Å². The molecule has 1 unspecified atom stereocenters. The van der Waals surface area contributed by atoms with E-state index in [1.165, 1.54) is 6.07 Å². The zero-order chi connectivity index (χ0) is 12.3. The van der Waals surface area contributed by atoms with Crippen LogP contribution in [0.25, 0.3) is 0 Å². The van der Waals surface area contributed by atoms with Crippen LogP contribution < -0.4 is 11.2 Å². The highest BCUT2D eigenvalue weighted by Gasteiger charge is 2.16. The summed E-state index contributed by atoms with van der Waals surface area (Å²) in [6, 6.07) is 3.84. The first-order valence-corrected chi connectivity index (χ1v) is 5.62. The highest BCUT2D eigenvalue weighted by Crippen LogP contribution is 2.12. The highest BCUT2D eigenvalue weighted by atomic mass is 127. The molecule has 0 saturated heterocycles. The minimum atomic E-state index is -1.52. The Hall–Kier alpha value is -0.635. The van der Waals surface area contributed by atoms with E-state index in [1.54, 1.807) is 12.1 Å². The van der Waals surface area contributed by atoms with Gasteiger partial charge < -0.3 is 20.9 Å². The fraction of sp³-hybridized carbons (Fsp3) is 0.222. The van der Waals surface area contributed by atoms with Crippen LogP contribution in [0.2, 0.25) is 0 Å². The van der Waals surface area contributed by atoms with E-state index in [0.29, 0.717) is 5.46 Å². The molecule has 0 amide bonds. The van der Waals surface area contributed by atoms with E-state index in [1.807, 2.05) is 22.6 Å². The largest absolute Gasteiger partial charge is 0.488 e. The van der Waals surface area contributed by atoms with Crippen LogP contribution in [0.4, 0.5) is 0 Å². The number of hydrogen-bond donors (Lipinski definition) is 4. The zero-order valence-corrected chi connectivity index (χ0v) is 10.5. The molecule has 5 nitrogen and oxygen atoms in total. The summed E-state index contributed by atoms with van der Waals surface area (Å²) in [6.07, 6.45) is 0.218. The molecule has 1 atom stereocenters. The summed E-state index contributed by atoms with van der Waals surface area (Å²) in [7, 11) is -1.52. The number of carboxylic acids is 1. The van der Waals surface area contributed by atoms with Gasteiger partial charge in [-0.3, -0.25) is 4.79 Å². The highest BCUT2D eigenvalue weighted by molar-refractivity contribution is 14.1. The number of carboxylic acid groups (broad SMARTS) is 1. The minimum absolute atomic E-state index is 0.218. The van der Waals surface area contributed by atoms with Gasteiger partial charge in [0.1, 0.15) is 6.04 Å². The molecule has 0 aromatic heterocycles. The van der Waals surface area contributed by atoms with Crippen LogP contribution in [-0.4, -0.2) is 34.3 Å². The smallest absolute Gasteiger partial charge is 0.480 e. The van der Waals surface area contributed by atoms with Crippen LogP contribution in [0.15, 0.2) is 18.2 Å². The third kappa shape index (κ3) is 3.44. The average Bonchev–Trinajstić information content (AvgIpc) is 2.20. The first-order chi connectivity index (χ1) is 7.41. The summed E-state index contributed by atoms with van der Waals surface area (Å²) in [5.41, 5.74) is 6.56. The number of carbonyl (C=O) groups is 1. The molecule has 0 saturated carbocycles. The lowest BCUT2D eigenvalue weighted by molar-refractivity contribution is -0.138. The van der Waals surface area contributed by atoms with Gasteiger partial charge in [0.25, 0.3) is 0 Å². The van der Waals surface area contributed by atoms with Crippen molar-refractivity contribution < 1.29 is 19.9 Å². The molecule has 1 aromatic rings. The van der Waals surface area contributed by atoms with Crippen molar-refractivity contribution in [1.82, 2.24) is 0 Å². The van der Waals surface area contributed by atoms with E-state index >= 15 is 0 Å². The predicted octanol–water partition coefficient (Wildman–Crippen LogP) is -1.07. The Kier molecular flexibility index (Phi) is 4.72. The van der Waals surface area contributed by atoms with Crippen molar-refractivity contribution in [2.75, 3.05) is 0 Å². The molecule has 0 aliphatic rings. The van der Waals surface area contributed by atoms with Gasteiger partial charge in [-0.25, -0.2) is 0 Å². The summed E-state index contributed by atoms with van der Waals surface area (Å²) < 4.78 is 0.764. The lowest BCUT2D eigenvalue weighted by Crippen LogP contribution is -2.33.